The Morgan fingerprint density at radius 3 is 2.09 bits per heavy atom. The van der Waals surface area contributed by atoms with Crippen molar-refractivity contribution >= 4 is 23.2 Å². The molecule has 3 aromatic rings. The first-order valence-electron chi connectivity index (χ1n) is 10.5. The molecule has 0 saturated heterocycles. The topological polar surface area (TPSA) is 32.3 Å². The van der Waals surface area contributed by atoms with Crippen molar-refractivity contribution in [3.63, 3.8) is 0 Å². The standard InChI is InChI=1S/C25H21ClF6N2O/c1-33-22-11-8-19(26)14-21(22)23(35)34(13-12-16-4-9-20(27)10-5-16)15-17-2-6-18(7-3-17)24(28,29)25(30,31)32/h2-11,14,33H,12-13,15H2,1H3. The van der Waals surface area contributed by atoms with Gasteiger partial charge in [0.05, 0.1) is 5.56 Å². The number of carbonyl (C=O) groups is 1. The fourth-order valence-corrected chi connectivity index (χ4v) is 3.62. The number of hydrogen-bond acceptors (Lipinski definition) is 2. The molecule has 1 amide bonds. The van der Waals surface area contributed by atoms with E-state index < -0.39 is 29.4 Å². The number of nitrogens with one attached hydrogen (secondary N) is 1. The second kappa shape index (κ2) is 10.6. The third kappa shape index (κ3) is 6.28. The molecule has 0 aliphatic heterocycles. The van der Waals surface area contributed by atoms with E-state index in [0.717, 1.165) is 17.7 Å². The van der Waals surface area contributed by atoms with Crippen molar-refractivity contribution < 1.29 is 31.1 Å². The highest BCUT2D eigenvalue weighted by Crippen LogP contribution is 2.43. The van der Waals surface area contributed by atoms with Crippen molar-refractivity contribution in [2.45, 2.75) is 25.1 Å². The average Bonchev–Trinajstić information content (AvgIpc) is 2.82. The molecular weight excluding hydrogens is 494 g/mol. The van der Waals surface area contributed by atoms with E-state index in [1.54, 1.807) is 31.3 Å². The Kier molecular flexibility index (Phi) is 8.00. The number of alkyl halides is 5. The molecule has 0 aromatic heterocycles. The van der Waals surface area contributed by atoms with E-state index in [-0.39, 0.29) is 18.7 Å². The molecule has 0 spiro atoms. The highest BCUT2D eigenvalue weighted by Gasteiger charge is 2.58. The quantitative estimate of drug-likeness (QED) is 0.326. The van der Waals surface area contributed by atoms with Crippen LogP contribution in [-0.4, -0.2) is 30.6 Å². The van der Waals surface area contributed by atoms with Gasteiger partial charge in [-0.2, -0.15) is 22.0 Å². The van der Waals surface area contributed by atoms with Crippen LogP contribution in [-0.2, 0) is 18.9 Å². The van der Waals surface area contributed by atoms with Gasteiger partial charge in [0.25, 0.3) is 5.91 Å². The molecule has 0 aliphatic carbocycles. The normalized spacial score (nSPS) is 11.9. The van der Waals surface area contributed by atoms with Crippen LogP contribution in [0, 0.1) is 5.82 Å². The van der Waals surface area contributed by atoms with Crippen LogP contribution in [0.25, 0.3) is 0 Å². The second-order valence-corrected chi connectivity index (χ2v) is 8.25. The van der Waals surface area contributed by atoms with Crippen molar-refractivity contribution in [3.05, 3.63) is 99.8 Å². The molecule has 0 heterocycles. The third-order valence-corrected chi connectivity index (χ3v) is 5.63. The molecule has 3 rings (SSSR count). The first kappa shape index (κ1) is 26.4. The summed E-state index contributed by atoms with van der Waals surface area (Å²) in [4.78, 5) is 14.8. The van der Waals surface area contributed by atoms with Gasteiger partial charge in [0.1, 0.15) is 5.82 Å². The Morgan fingerprint density at radius 2 is 1.51 bits per heavy atom. The van der Waals surface area contributed by atoms with Crippen LogP contribution in [0.1, 0.15) is 27.0 Å². The summed E-state index contributed by atoms with van der Waals surface area (Å²) in [7, 11) is 1.63. The number of nitrogens with zero attached hydrogens (tertiary/aromatic N) is 1. The molecule has 10 heteroatoms. The maximum Gasteiger partial charge on any atom is 0.458 e. The van der Waals surface area contributed by atoms with Crippen LogP contribution in [0.5, 0.6) is 0 Å². The molecule has 0 saturated carbocycles. The molecule has 3 aromatic carbocycles. The number of benzene rings is 3. The maximum atomic E-state index is 13.6. The van der Waals surface area contributed by atoms with Crippen molar-refractivity contribution in [2.75, 3.05) is 18.9 Å². The average molecular weight is 515 g/mol. The first-order chi connectivity index (χ1) is 16.4. The van der Waals surface area contributed by atoms with Gasteiger partial charge in [-0.15, -0.1) is 0 Å². The fourth-order valence-electron chi connectivity index (χ4n) is 3.45. The highest BCUT2D eigenvalue weighted by molar-refractivity contribution is 6.31. The zero-order valence-corrected chi connectivity index (χ0v) is 19.2. The zero-order chi connectivity index (χ0) is 25.8. The number of amides is 1. The molecular formula is C25H21ClF6N2O. The van der Waals surface area contributed by atoms with Crippen LogP contribution in [0.2, 0.25) is 5.02 Å². The summed E-state index contributed by atoms with van der Waals surface area (Å²) in [5, 5.41) is 3.23. The summed E-state index contributed by atoms with van der Waals surface area (Å²) >= 11 is 6.07. The lowest BCUT2D eigenvalue weighted by atomic mass is 10.0. The molecule has 0 radical (unpaired) electrons. The second-order valence-electron chi connectivity index (χ2n) is 7.81. The monoisotopic (exact) mass is 514 g/mol. The summed E-state index contributed by atoms with van der Waals surface area (Å²) in [6.45, 7) is 0.105. The van der Waals surface area contributed by atoms with Crippen LogP contribution in [0.3, 0.4) is 0 Å². The van der Waals surface area contributed by atoms with Gasteiger partial charge in [0.2, 0.25) is 0 Å². The fraction of sp³-hybridized carbons (Fsp3) is 0.240. The number of carbonyl (C=O) groups excluding carboxylic acids is 1. The summed E-state index contributed by atoms with van der Waals surface area (Å²) in [6.07, 6.45) is -5.37. The number of halogens is 7. The van der Waals surface area contributed by atoms with Crippen LogP contribution in [0.15, 0.2) is 66.7 Å². The predicted octanol–water partition coefficient (Wildman–Crippen LogP) is 7.06. The summed E-state index contributed by atoms with van der Waals surface area (Å²) in [6, 6.07) is 14.1. The molecule has 186 valence electrons. The predicted molar refractivity (Wildman–Crippen MR) is 122 cm³/mol. The molecule has 3 nitrogen and oxygen atoms in total. The van der Waals surface area contributed by atoms with Crippen LogP contribution < -0.4 is 5.32 Å². The Labute approximate surface area is 203 Å². The minimum absolute atomic E-state index is 0.0619. The van der Waals surface area contributed by atoms with Gasteiger partial charge in [-0.25, -0.2) is 4.39 Å². The van der Waals surface area contributed by atoms with Crippen molar-refractivity contribution in [1.82, 2.24) is 4.90 Å². The van der Waals surface area contributed by atoms with E-state index in [9.17, 15) is 31.1 Å². The molecule has 0 unspecified atom stereocenters. The van der Waals surface area contributed by atoms with Gasteiger partial charge in [-0.05, 0) is 47.9 Å². The summed E-state index contributed by atoms with van der Waals surface area (Å²) in [5.74, 6) is -5.83. The van der Waals surface area contributed by atoms with Gasteiger partial charge in [-0.1, -0.05) is 48.0 Å². The van der Waals surface area contributed by atoms with Gasteiger partial charge >= 0.3 is 12.1 Å². The molecule has 35 heavy (non-hydrogen) atoms. The minimum atomic E-state index is -5.72. The SMILES string of the molecule is CNc1ccc(Cl)cc1C(=O)N(CCc1ccc(F)cc1)Cc1ccc(C(F)(F)C(F)(F)F)cc1. The van der Waals surface area contributed by atoms with Crippen molar-refractivity contribution in [3.8, 4) is 0 Å². The van der Waals surface area contributed by atoms with Crippen molar-refractivity contribution in [2.24, 2.45) is 0 Å². The van der Waals surface area contributed by atoms with Crippen molar-refractivity contribution in [1.29, 1.82) is 0 Å². The molecule has 0 aliphatic rings. The van der Waals surface area contributed by atoms with E-state index in [2.05, 4.69) is 5.32 Å². The van der Waals surface area contributed by atoms with Crippen LogP contribution in [0.4, 0.5) is 32.0 Å². The summed E-state index contributed by atoms with van der Waals surface area (Å²) < 4.78 is 78.5. The molecule has 0 fully saturated rings. The first-order valence-corrected chi connectivity index (χ1v) is 10.8. The largest absolute Gasteiger partial charge is 0.458 e. The van der Waals surface area contributed by atoms with E-state index in [4.69, 9.17) is 11.6 Å². The lowest BCUT2D eigenvalue weighted by Gasteiger charge is -2.25. The molecule has 0 bridgehead atoms. The smallest absolute Gasteiger partial charge is 0.387 e. The third-order valence-electron chi connectivity index (χ3n) is 5.40. The van der Waals surface area contributed by atoms with Gasteiger partial charge in [-0.3, -0.25) is 4.79 Å². The Balaban J connectivity index is 1.88. The van der Waals surface area contributed by atoms with Gasteiger partial charge in [0, 0.05) is 36.4 Å². The number of hydrogen-bond donors (Lipinski definition) is 1. The Morgan fingerprint density at radius 1 is 0.914 bits per heavy atom. The zero-order valence-electron chi connectivity index (χ0n) is 18.5. The Hall–Kier alpha value is -3.20. The van der Waals surface area contributed by atoms with Gasteiger partial charge < -0.3 is 10.2 Å². The van der Waals surface area contributed by atoms with E-state index in [1.165, 1.54) is 23.1 Å². The molecule has 1 N–H and O–H groups in total. The van der Waals surface area contributed by atoms with E-state index in [0.29, 0.717) is 34.8 Å². The highest BCUT2D eigenvalue weighted by atomic mass is 35.5. The lowest BCUT2D eigenvalue weighted by Crippen LogP contribution is -2.34. The lowest BCUT2D eigenvalue weighted by molar-refractivity contribution is -0.289. The minimum Gasteiger partial charge on any atom is -0.387 e. The van der Waals surface area contributed by atoms with E-state index >= 15 is 0 Å². The Bertz CT molecular complexity index is 1160. The summed E-state index contributed by atoms with van der Waals surface area (Å²) in [5.41, 5.74) is 0.687. The van der Waals surface area contributed by atoms with Gasteiger partial charge in [0.15, 0.2) is 0 Å². The maximum absolute atomic E-state index is 13.6. The number of anilines is 1. The molecule has 0 atom stereocenters. The number of rotatable bonds is 8. The van der Waals surface area contributed by atoms with Crippen LogP contribution >= 0.6 is 11.6 Å². The van der Waals surface area contributed by atoms with E-state index in [1.807, 2.05) is 0 Å².